The van der Waals surface area contributed by atoms with E-state index in [9.17, 15) is 9.59 Å². The van der Waals surface area contributed by atoms with Crippen LogP contribution in [-0.2, 0) is 20.7 Å². The molecule has 0 N–H and O–H groups in total. The van der Waals surface area contributed by atoms with Gasteiger partial charge in [-0.15, -0.1) is 11.3 Å². The summed E-state index contributed by atoms with van der Waals surface area (Å²) in [4.78, 5) is 27.3. The quantitative estimate of drug-likeness (QED) is 0.627. The van der Waals surface area contributed by atoms with Crippen LogP contribution in [0.2, 0.25) is 0 Å². The third kappa shape index (κ3) is 2.92. The molecule has 0 aliphatic heterocycles. The van der Waals surface area contributed by atoms with Gasteiger partial charge in [-0.3, -0.25) is 4.79 Å². The minimum atomic E-state index is -0.788. The van der Waals surface area contributed by atoms with E-state index in [1.165, 1.54) is 11.3 Å². The van der Waals surface area contributed by atoms with Crippen molar-refractivity contribution in [3.63, 3.8) is 0 Å². The maximum atomic E-state index is 11.6. The SMILES string of the molecule is CC(C)OC(=O)C(=O)Cc1nc2ccccc2s1. The largest absolute Gasteiger partial charge is 0.457 e. The summed E-state index contributed by atoms with van der Waals surface area (Å²) in [5, 5.41) is 0.641. The molecule has 5 heteroatoms. The number of esters is 1. The fraction of sp³-hybridized carbons (Fsp3) is 0.308. The number of nitrogens with zero attached hydrogens (tertiary/aromatic N) is 1. The lowest BCUT2D eigenvalue weighted by atomic mass is 10.3. The summed E-state index contributed by atoms with van der Waals surface area (Å²) in [6.07, 6.45) is -0.276. The van der Waals surface area contributed by atoms with E-state index in [-0.39, 0.29) is 12.5 Å². The van der Waals surface area contributed by atoms with Crippen LogP contribution in [0.4, 0.5) is 0 Å². The second kappa shape index (κ2) is 5.27. The molecule has 0 amide bonds. The van der Waals surface area contributed by atoms with E-state index in [0.29, 0.717) is 5.01 Å². The topological polar surface area (TPSA) is 56.3 Å². The lowest BCUT2D eigenvalue weighted by molar-refractivity contribution is -0.156. The second-order valence-electron chi connectivity index (χ2n) is 4.13. The van der Waals surface area contributed by atoms with E-state index in [1.54, 1.807) is 13.8 Å². The third-order valence-corrected chi connectivity index (χ3v) is 3.26. The van der Waals surface area contributed by atoms with Crippen molar-refractivity contribution in [2.45, 2.75) is 26.4 Å². The Morgan fingerprint density at radius 2 is 2.06 bits per heavy atom. The first kappa shape index (κ1) is 12.7. The third-order valence-electron chi connectivity index (χ3n) is 2.22. The number of hydrogen-bond acceptors (Lipinski definition) is 5. The van der Waals surface area contributed by atoms with Crippen LogP contribution >= 0.6 is 11.3 Å². The predicted molar refractivity (Wildman–Crippen MR) is 69.6 cm³/mol. The van der Waals surface area contributed by atoms with Crippen LogP contribution in [0.15, 0.2) is 24.3 Å². The molecule has 0 aliphatic carbocycles. The van der Waals surface area contributed by atoms with Crippen LogP contribution in [0.3, 0.4) is 0 Å². The van der Waals surface area contributed by atoms with Crippen molar-refractivity contribution in [3.05, 3.63) is 29.3 Å². The number of fused-ring (bicyclic) bond motifs is 1. The highest BCUT2D eigenvalue weighted by atomic mass is 32.1. The van der Waals surface area contributed by atoms with Gasteiger partial charge in [0, 0.05) is 0 Å². The van der Waals surface area contributed by atoms with Crippen LogP contribution in [0, 0.1) is 0 Å². The summed E-state index contributed by atoms with van der Waals surface area (Å²) < 4.78 is 5.86. The summed E-state index contributed by atoms with van der Waals surface area (Å²) >= 11 is 1.42. The normalized spacial score (nSPS) is 10.8. The number of carbonyl (C=O) groups excluding carboxylic acids is 2. The summed E-state index contributed by atoms with van der Waals surface area (Å²) in [5.74, 6) is -1.34. The van der Waals surface area contributed by atoms with Gasteiger partial charge in [0.05, 0.1) is 22.7 Å². The van der Waals surface area contributed by atoms with Gasteiger partial charge in [-0.1, -0.05) is 12.1 Å². The highest BCUT2D eigenvalue weighted by molar-refractivity contribution is 7.18. The number of benzene rings is 1. The summed E-state index contributed by atoms with van der Waals surface area (Å²) in [6, 6.07) is 7.62. The van der Waals surface area contributed by atoms with Crippen molar-refractivity contribution in [3.8, 4) is 0 Å². The molecule has 4 nitrogen and oxygen atoms in total. The Balaban J connectivity index is 2.09. The number of carbonyl (C=O) groups is 2. The van der Waals surface area contributed by atoms with Gasteiger partial charge in [0.2, 0.25) is 5.78 Å². The molecule has 94 valence electrons. The van der Waals surface area contributed by atoms with Crippen molar-refractivity contribution in [2.24, 2.45) is 0 Å². The second-order valence-corrected chi connectivity index (χ2v) is 5.24. The Morgan fingerprint density at radius 1 is 1.33 bits per heavy atom. The lowest BCUT2D eigenvalue weighted by Gasteiger charge is -2.05. The average molecular weight is 263 g/mol. The van der Waals surface area contributed by atoms with Gasteiger partial charge < -0.3 is 4.74 Å². The molecule has 0 saturated carbocycles. The molecular formula is C13H13NO3S. The molecule has 2 rings (SSSR count). The van der Waals surface area contributed by atoms with Crippen molar-refractivity contribution in [1.29, 1.82) is 0 Å². The summed E-state index contributed by atoms with van der Waals surface area (Å²) in [6.45, 7) is 3.42. The van der Waals surface area contributed by atoms with Gasteiger partial charge in [-0.05, 0) is 26.0 Å². The van der Waals surface area contributed by atoms with Crippen LogP contribution in [0.5, 0.6) is 0 Å². The van der Waals surface area contributed by atoms with E-state index in [4.69, 9.17) is 4.74 Å². The fourth-order valence-corrected chi connectivity index (χ4v) is 2.45. The van der Waals surface area contributed by atoms with Crippen LogP contribution in [0.1, 0.15) is 18.9 Å². The zero-order chi connectivity index (χ0) is 13.1. The Morgan fingerprint density at radius 3 is 2.72 bits per heavy atom. The molecule has 1 heterocycles. The molecule has 1 aromatic heterocycles. The van der Waals surface area contributed by atoms with Gasteiger partial charge in [-0.25, -0.2) is 9.78 Å². The van der Waals surface area contributed by atoms with E-state index >= 15 is 0 Å². The number of para-hydroxylation sites is 1. The highest BCUT2D eigenvalue weighted by Gasteiger charge is 2.19. The molecule has 0 radical (unpaired) electrons. The Bertz CT molecular complexity index is 556. The van der Waals surface area contributed by atoms with Gasteiger partial charge in [0.15, 0.2) is 0 Å². The van der Waals surface area contributed by atoms with E-state index < -0.39 is 11.8 Å². The standard InChI is InChI=1S/C13H13NO3S/c1-8(2)17-13(16)10(15)7-12-14-9-5-3-4-6-11(9)18-12/h3-6,8H,7H2,1-2H3. The number of hydrogen-bond donors (Lipinski definition) is 0. The molecule has 18 heavy (non-hydrogen) atoms. The molecule has 0 saturated heterocycles. The minimum Gasteiger partial charge on any atom is -0.457 e. The van der Waals surface area contributed by atoms with Crippen LogP contribution < -0.4 is 0 Å². The van der Waals surface area contributed by atoms with Crippen molar-refractivity contribution >= 4 is 33.3 Å². The highest BCUT2D eigenvalue weighted by Crippen LogP contribution is 2.21. The summed E-state index contributed by atoms with van der Waals surface area (Å²) in [5.41, 5.74) is 0.850. The number of ketones is 1. The maximum Gasteiger partial charge on any atom is 0.375 e. The zero-order valence-corrected chi connectivity index (χ0v) is 11.0. The Hall–Kier alpha value is -1.75. The van der Waals surface area contributed by atoms with E-state index in [2.05, 4.69) is 4.98 Å². The van der Waals surface area contributed by atoms with Crippen molar-refractivity contribution < 1.29 is 14.3 Å². The number of Topliss-reactive ketones (excluding diaryl/α,β-unsaturated/α-hetero) is 1. The molecule has 0 bridgehead atoms. The lowest BCUT2D eigenvalue weighted by Crippen LogP contribution is -2.22. The first-order chi connectivity index (χ1) is 8.56. The molecular weight excluding hydrogens is 250 g/mol. The number of aromatic nitrogens is 1. The molecule has 1 aromatic carbocycles. The van der Waals surface area contributed by atoms with Gasteiger partial charge in [0.1, 0.15) is 5.01 Å². The minimum absolute atomic E-state index is 0.00486. The molecule has 0 atom stereocenters. The van der Waals surface area contributed by atoms with E-state index in [1.807, 2.05) is 24.3 Å². The molecule has 0 fully saturated rings. The van der Waals surface area contributed by atoms with Crippen LogP contribution in [0.25, 0.3) is 10.2 Å². The number of rotatable bonds is 4. The zero-order valence-electron chi connectivity index (χ0n) is 10.2. The molecule has 0 aliphatic rings. The number of ether oxygens (including phenoxy) is 1. The fourth-order valence-electron chi connectivity index (χ4n) is 1.48. The molecule has 0 spiro atoms. The first-order valence-corrected chi connectivity index (χ1v) is 6.46. The van der Waals surface area contributed by atoms with Gasteiger partial charge in [-0.2, -0.15) is 0 Å². The Kier molecular flexibility index (Phi) is 3.72. The Labute approximate surface area is 109 Å². The van der Waals surface area contributed by atoms with Gasteiger partial charge in [0.25, 0.3) is 0 Å². The van der Waals surface area contributed by atoms with Crippen LogP contribution in [-0.4, -0.2) is 22.8 Å². The maximum absolute atomic E-state index is 11.6. The molecule has 0 unspecified atom stereocenters. The first-order valence-electron chi connectivity index (χ1n) is 5.64. The molecule has 2 aromatic rings. The van der Waals surface area contributed by atoms with Gasteiger partial charge >= 0.3 is 5.97 Å². The van der Waals surface area contributed by atoms with E-state index in [0.717, 1.165) is 10.2 Å². The summed E-state index contributed by atoms with van der Waals surface area (Å²) in [7, 11) is 0. The predicted octanol–water partition coefficient (Wildman–Crippen LogP) is 2.36. The smallest absolute Gasteiger partial charge is 0.375 e. The average Bonchev–Trinajstić information content (AvgIpc) is 2.69. The number of thiazole rings is 1. The van der Waals surface area contributed by atoms with Crippen molar-refractivity contribution in [2.75, 3.05) is 0 Å². The van der Waals surface area contributed by atoms with Crippen molar-refractivity contribution in [1.82, 2.24) is 4.98 Å². The monoisotopic (exact) mass is 263 g/mol.